The predicted octanol–water partition coefficient (Wildman–Crippen LogP) is 4.29. The number of piperidine rings is 1. The molecule has 4 heteroatoms. The van der Waals surface area contributed by atoms with Gasteiger partial charge in [0.05, 0.1) is 0 Å². The smallest absolute Gasteiger partial charge is 0.225 e. The highest BCUT2D eigenvalue weighted by Crippen LogP contribution is 2.38. The van der Waals surface area contributed by atoms with E-state index < -0.39 is 8.32 Å². The standard InChI is InChI=1S/C17H35NO2Si/c1-13(2)14(3)16(19)18-11-9-15(10-12-18)20-21(7,8)17(4,5)6/h13-15H,9-12H2,1-8H3/t14-/m0/s1. The number of hydrogen-bond acceptors (Lipinski definition) is 2. The molecule has 0 N–H and O–H groups in total. The van der Waals surface area contributed by atoms with Crippen molar-refractivity contribution in [3.63, 3.8) is 0 Å². The summed E-state index contributed by atoms with van der Waals surface area (Å²) in [6.45, 7) is 19.5. The molecule has 0 spiro atoms. The Morgan fingerprint density at radius 3 is 2.00 bits per heavy atom. The number of amides is 1. The van der Waals surface area contributed by atoms with Gasteiger partial charge in [-0.1, -0.05) is 41.5 Å². The maximum absolute atomic E-state index is 12.4. The molecule has 0 unspecified atom stereocenters. The highest BCUT2D eigenvalue weighted by atomic mass is 28.4. The second-order valence-corrected chi connectivity index (χ2v) is 13.2. The van der Waals surface area contributed by atoms with Gasteiger partial charge in [0.1, 0.15) is 0 Å². The first-order valence-corrected chi connectivity index (χ1v) is 11.3. The summed E-state index contributed by atoms with van der Waals surface area (Å²) in [5.74, 6) is 0.859. The van der Waals surface area contributed by atoms with Crippen molar-refractivity contribution < 1.29 is 9.22 Å². The van der Waals surface area contributed by atoms with Crippen molar-refractivity contribution in [1.29, 1.82) is 0 Å². The molecule has 1 rings (SSSR count). The number of likely N-dealkylation sites (tertiary alicyclic amines) is 1. The van der Waals surface area contributed by atoms with Gasteiger partial charge >= 0.3 is 0 Å². The fraction of sp³-hybridized carbons (Fsp3) is 0.941. The molecule has 124 valence electrons. The van der Waals surface area contributed by atoms with Crippen LogP contribution in [0.25, 0.3) is 0 Å². The fourth-order valence-corrected chi connectivity index (χ4v) is 3.78. The van der Waals surface area contributed by atoms with Crippen molar-refractivity contribution in [1.82, 2.24) is 4.90 Å². The minimum Gasteiger partial charge on any atom is -0.414 e. The first kappa shape index (κ1) is 18.7. The molecule has 0 bridgehead atoms. The van der Waals surface area contributed by atoms with Crippen molar-refractivity contribution >= 4 is 14.2 Å². The van der Waals surface area contributed by atoms with Gasteiger partial charge in [-0.05, 0) is 36.9 Å². The normalized spacial score (nSPS) is 20.0. The third kappa shape index (κ3) is 4.81. The van der Waals surface area contributed by atoms with Gasteiger partial charge in [0, 0.05) is 25.1 Å². The van der Waals surface area contributed by atoms with E-state index in [1.807, 2.05) is 11.8 Å². The molecule has 0 aliphatic carbocycles. The van der Waals surface area contributed by atoms with Gasteiger partial charge in [-0.3, -0.25) is 4.79 Å². The fourth-order valence-electron chi connectivity index (χ4n) is 2.36. The van der Waals surface area contributed by atoms with Crippen LogP contribution in [0, 0.1) is 11.8 Å². The van der Waals surface area contributed by atoms with E-state index in [2.05, 4.69) is 47.7 Å². The molecule has 1 saturated heterocycles. The molecule has 21 heavy (non-hydrogen) atoms. The molecule has 1 amide bonds. The summed E-state index contributed by atoms with van der Waals surface area (Å²) >= 11 is 0. The molecule has 0 aromatic heterocycles. The van der Waals surface area contributed by atoms with Gasteiger partial charge in [0.2, 0.25) is 5.91 Å². The van der Waals surface area contributed by atoms with Gasteiger partial charge < -0.3 is 9.33 Å². The lowest BCUT2D eigenvalue weighted by molar-refractivity contribution is -0.138. The largest absolute Gasteiger partial charge is 0.414 e. The van der Waals surface area contributed by atoms with E-state index >= 15 is 0 Å². The van der Waals surface area contributed by atoms with Gasteiger partial charge in [-0.25, -0.2) is 0 Å². The van der Waals surface area contributed by atoms with Crippen molar-refractivity contribution in [3.8, 4) is 0 Å². The Balaban J connectivity index is 2.52. The number of carbonyl (C=O) groups is 1. The lowest BCUT2D eigenvalue weighted by Crippen LogP contribution is -2.49. The van der Waals surface area contributed by atoms with E-state index in [1.54, 1.807) is 0 Å². The van der Waals surface area contributed by atoms with E-state index in [0.29, 0.717) is 17.9 Å². The minimum absolute atomic E-state index is 0.128. The topological polar surface area (TPSA) is 29.5 Å². The van der Waals surface area contributed by atoms with Crippen molar-refractivity contribution in [2.24, 2.45) is 11.8 Å². The summed E-state index contributed by atoms with van der Waals surface area (Å²) in [6, 6.07) is 0. The number of carbonyl (C=O) groups excluding carboxylic acids is 1. The summed E-state index contributed by atoms with van der Waals surface area (Å²) in [4.78, 5) is 14.4. The first-order valence-electron chi connectivity index (χ1n) is 8.42. The first-order chi connectivity index (χ1) is 9.45. The van der Waals surface area contributed by atoms with E-state index in [4.69, 9.17) is 4.43 Å². The molecule has 1 fully saturated rings. The zero-order valence-electron chi connectivity index (χ0n) is 15.3. The third-order valence-corrected chi connectivity index (χ3v) is 9.95. The molecular weight excluding hydrogens is 278 g/mol. The molecule has 3 nitrogen and oxygen atoms in total. The van der Waals surface area contributed by atoms with E-state index in [1.165, 1.54) is 0 Å². The molecule has 1 heterocycles. The average Bonchev–Trinajstić information content (AvgIpc) is 2.36. The van der Waals surface area contributed by atoms with Crippen LogP contribution in [-0.2, 0) is 9.22 Å². The Morgan fingerprint density at radius 1 is 1.14 bits per heavy atom. The minimum atomic E-state index is -1.68. The van der Waals surface area contributed by atoms with Crippen LogP contribution >= 0.6 is 0 Å². The lowest BCUT2D eigenvalue weighted by atomic mass is 9.95. The second-order valence-electron chi connectivity index (χ2n) is 8.44. The summed E-state index contributed by atoms with van der Waals surface area (Å²) in [6.07, 6.45) is 2.32. The Morgan fingerprint density at radius 2 is 1.62 bits per heavy atom. The van der Waals surface area contributed by atoms with E-state index in [0.717, 1.165) is 25.9 Å². The SMILES string of the molecule is CC(C)[C@H](C)C(=O)N1CCC(O[Si](C)(C)C(C)(C)C)CC1. The monoisotopic (exact) mass is 313 g/mol. The van der Waals surface area contributed by atoms with Crippen LogP contribution in [0.2, 0.25) is 18.1 Å². The number of rotatable bonds is 4. The number of nitrogens with zero attached hydrogens (tertiary/aromatic N) is 1. The van der Waals surface area contributed by atoms with Gasteiger partial charge in [-0.2, -0.15) is 0 Å². The van der Waals surface area contributed by atoms with Gasteiger partial charge in [0.25, 0.3) is 0 Å². The molecule has 0 aromatic carbocycles. The van der Waals surface area contributed by atoms with Crippen LogP contribution in [-0.4, -0.2) is 38.3 Å². The molecule has 0 radical (unpaired) electrons. The molecule has 1 aliphatic heterocycles. The second kappa shape index (κ2) is 6.82. The van der Waals surface area contributed by atoms with Gasteiger partial charge in [0.15, 0.2) is 8.32 Å². The Labute approximate surface area is 132 Å². The average molecular weight is 314 g/mol. The van der Waals surface area contributed by atoms with Crippen molar-refractivity contribution in [2.75, 3.05) is 13.1 Å². The Kier molecular flexibility index (Phi) is 6.07. The predicted molar refractivity (Wildman–Crippen MR) is 91.9 cm³/mol. The highest BCUT2D eigenvalue weighted by Gasteiger charge is 2.40. The Hall–Kier alpha value is -0.353. The summed E-state index contributed by atoms with van der Waals surface area (Å²) in [5.41, 5.74) is 0. The van der Waals surface area contributed by atoms with E-state index in [-0.39, 0.29) is 11.0 Å². The quantitative estimate of drug-likeness (QED) is 0.725. The number of hydrogen-bond donors (Lipinski definition) is 0. The zero-order chi connectivity index (χ0) is 16.4. The summed E-state index contributed by atoms with van der Waals surface area (Å²) in [5, 5.41) is 0.256. The van der Waals surface area contributed by atoms with Crippen LogP contribution in [0.5, 0.6) is 0 Å². The Bertz CT molecular complexity index is 352. The molecular formula is C17H35NO2Si. The van der Waals surface area contributed by atoms with Crippen molar-refractivity contribution in [3.05, 3.63) is 0 Å². The zero-order valence-corrected chi connectivity index (χ0v) is 16.3. The van der Waals surface area contributed by atoms with Crippen LogP contribution in [0.3, 0.4) is 0 Å². The summed E-state index contributed by atoms with van der Waals surface area (Å²) < 4.78 is 6.48. The van der Waals surface area contributed by atoms with Crippen LogP contribution in [0.4, 0.5) is 0 Å². The molecule has 1 atom stereocenters. The molecule has 0 saturated carbocycles. The van der Waals surface area contributed by atoms with Crippen LogP contribution in [0.15, 0.2) is 0 Å². The van der Waals surface area contributed by atoms with E-state index in [9.17, 15) is 4.79 Å². The summed E-state index contributed by atoms with van der Waals surface area (Å²) in [7, 11) is -1.68. The van der Waals surface area contributed by atoms with Crippen LogP contribution in [0.1, 0.15) is 54.4 Å². The molecule has 1 aliphatic rings. The van der Waals surface area contributed by atoms with Crippen LogP contribution < -0.4 is 0 Å². The lowest BCUT2D eigenvalue weighted by Gasteiger charge is -2.42. The highest BCUT2D eigenvalue weighted by molar-refractivity contribution is 6.74. The third-order valence-electron chi connectivity index (χ3n) is 5.41. The van der Waals surface area contributed by atoms with Crippen molar-refractivity contribution in [2.45, 2.75) is 78.6 Å². The maximum Gasteiger partial charge on any atom is 0.225 e. The molecule has 0 aromatic rings. The maximum atomic E-state index is 12.4. The van der Waals surface area contributed by atoms with Gasteiger partial charge in [-0.15, -0.1) is 0 Å².